The quantitative estimate of drug-likeness (QED) is 0.738. The molecule has 0 heterocycles. The number of benzene rings is 2. The van der Waals surface area contributed by atoms with E-state index >= 15 is 0 Å². The van der Waals surface area contributed by atoms with Gasteiger partial charge in [0, 0.05) is 5.92 Å². The van der Waals surface area contributed by atoms with Crippen LogP contribution in [0.1, 0.15) is 39.7 Å². The summed E-state index contributed by atoms with van der Waals surface area (Å²) in [5, 5.41) is 19.6. The Hall–Kier alpha value is -2.84. The van der Waals surface area contributed by atoms with Crippen molar-refractivity contribution in [1.29, 1.82) is 10.5 Å². The van der Waals surface area contributed by atoms with Gasteiger partial charge in [0.1, 0.15) is 5.41 Å². The van der Waals surface area contributed by atoms with Crippen molar-refractivity contribution in [1.82, 2.24) is 0 Å². The molecule has 0 amide bonds. The monoisotopic (exact) mass is 296 g/mol. The predicted molar refractivity (Wildman–Crippen MR) is 88.9 cm³/mol. The van der Waals surface area contributed by atoms with Crippen molar-refractivity contribution in [3.8, 4) is 12.1 Å². The summed E-state index contributed by atoms with van der Waals surface area (Å²) in [4.78, 5) is 0. The van der Waals surface area contributed by atoms with Crippen molar-refractivity contribution in [3.63, 3.8) is 0 Å². The van der Waals surface area contributed by atoms with Crippen LogP contribution in [0.25, 0.3) is 0 Å². The van der Waals surface area contributed by atoms with Crippen LogP contribution in [-0.2, 0) is 11.8 Å². The lowest BCUT2D eigenvalue weighted by Crippen LogP contribution is -2.30. The lowest BCUT2D eigenvalue weighted by atomic mass is 9.67. The fourth-order valence-corrected chi connectivity index (χ4v) is 4.22. The second-order valence-corrected chi connectivity index (χ2v) is 6.44. The van der Waals surface area contributed by atoms with Gasteiger partial charge in [-0.1, -0.05) is 54.6 Å². The van der Waals surface area contributed by atoms with Crippen molar-refractivity contribution in [2.75, 3.05) is 0 Å². The van der Waals surface area contributed by atoms with Gasteiger partial charge in [0.2, 0.25) is 0 Å². The molecule has 0 unspecified atom stereocenters. The summed E-state index contributed by atoms with van der Waals surface area (Å²) >= 11 is 0. The number of nitriles is 2. The molecule has 2 aliphatic carbocycles. The van der Waals surface area contributed by atoms with E-state index in [1.165, 1.54) is 16.7 Å². The highest BCUT2D eigenvalue weighted by atomic mass is 14.5. The van der Waals surface area contributed by atoms with Crippen molar-refractivity contribution < 1.29 is 0 Å². The fourth-order valence-electron chi connectivity index (χ4n) is 4.22. The molecule has 0 fully saturated rings. The van der Waals surface area contributed by atoms with E-state index in [9.17, 15) is 10.5 Å². The molecule has 0 aliphatic heterocycles. The van der Waals surface area contributed by atoms with Crippen molar-refractivity contribution in [3.05, 3.63) is 82.4 Å². The van der Waals surface area contributed by atoms with Gasteiger partial charge in [-0.3, -0.25) is 0 Å². The van der Waals surface area contributed by atoms with E-state index in [1.807, 2.05) is 36.4 Å². The average molecular weight is 296 g/mol. The molecule has 0 N–H and O–H groups in total. The largest absolute Gasteiger partial charge is 0.197 e. The van der Waals surface area contributed by atoms with E-state index in [-0.39, 0.29) is 11.8 Å². The predicted octanol–water partition coefficient (Wildman–Crippen LogP) is 4.27. The molecule has 2 aromatic rings. The van der Waals surface area contributed by atoms with Crippen LogP contribution < -0.4 is 0 Å². The normalized spacial score (nSPS) is 27.1. The van der Waals surface area contributed by atoms with Crippen LogP contribution in [0.5, 0.6) is 0 Å². The van der Waals surface area contributed by atoms with Gasteiger partial charge in [-0.2, -0.15) is 10.5 Å². The topological polar surface area (TPSA) is 47.6 Å². The van der Waals surface area contributed by atoms with Gasteiger partial charge >= 0.3 is 0 Å². The third kappa shape index (κ3) is 1.73. The Morgan fingerprint density at radius 1 is 1.09 bits per heavy atom. The summed E-state index contributed by atoms with van der Waals surface area (Å²) in [5.41, 5.74) is 5.11. The van der Waals surface area contributed by atoms with Crippen LogP contribution in [-0.4, -0.2) is 0 Å². The van der Waals surface area contributed by atoms with E-state index in [1.54, 1.807) is 0 Å². The van der Waals surface area contributed by atoms with Gasteiger partial charge in [-0.15, -0.1) is 0 Å². The lowest BCUT2D eigenvalue weighted by molar-refractivity contribution is 0.556. The zero-order chi connectivity index (χ0) is 16.0. The number of allylic oxidation sites excluding steroid dienone is 2. The smallest absolute Gasteiger partial charge is 0.108 e. The Balaban J connectivity index is 2.01. The summed E-state index contributed by atoms with van der Waals surface area (Å²) in [6, 6.07) is 19.4. The molecule has 2 aromatic carbocycles. The SMILES string of the molecule is Cc1ccc2c3c1C[C@@H](c1ccccc1)[C@]3(C#N)C=C[C@H]2C#N. The first-order valence-electron chi connectivity index (χ1n) is 7.89. The van der Waals surface area contributed by atoms with Crippen molar-refractivity contribution >= 4 is 0 Å². The zero-order valence-corrected chi connectivity index (χ0v) is 13.0. The average Bonchev–Trinajstić information content (AvgIpc) is 2.96. The van der Waals surface area contributed by atoms with Crippen molar-refractivity contribution in [2.24, 2.45) is 0 Å². The van der Waals surface area contributed by atoms with Gasteiger partial charge in [0.15, 0.2) is 0 Å². The van der Waals surface area contributed by atoms with Crippen LogP contribution in [0.15, 0.2) is 54.6 Å². The molecule has 3 atom stereocenters. The Labute approximate surface area is 136 Å². The van der Waals surface area contributed by atoms with Crippen LogP contribution in [0, 0.1) is 29.6 Å². The van der Waals surface area contributed by atoms with E-state index < -0.39 is 5.41 Å². The minimum Gasteiger partial charge on any atom is -0.197 e. The van der Waals surface area contributed by atoms with E-state index in [0.29, 0.717) is 0 Å². The molecule has 4 rings (SSSR count). The molecule has 23 heavy (non-hydrogen) atoms. The first-order chi connectivity index (χ1) is 11.2. The highest BCUT2D eigenvalue weighted by Gasteiger charge is 2.50. The van der Waals surface area contributed by atoms with Gasteiger partial charge in [-0.25, -0.2) is 0 Å². The van der Waals surface area contributed by atoms with E-state index in [4.69, 9.17) is 0 Å². The number of aryl methyl sites for hydroxylation is 1. The molecular formula is C21H16N2. The first kappa shape index (κ1) is 13.8. The Kier molecular flexibility index (Phi) is 2.90. The van der Waals surface area contributed by atoms with Crippen LogP contribution in [0.4, 0.5) is 0 Å². The van der Waals surface area contributed by atoms with E-state index in [0.717, 1.165) is 17.5 Å². The maximum Gasteiger partial charge on any atom is 0.108 e. The molecule has 110 valence electrons. The Morgan fingerprint density at radius 3 is 2.57 bits per heavy atom. The zero-order valence-electron chi connectivity index (χ0n) is 13.0. The minimum absolute atomic E-state index is 0.111. The molecule has 0 radical (unpaired) electrons. The molecule has 2 heteroatoms. The molecule has 0 saturated carbocycles. The number of nitrogens with zero attached hydrogens (tertiary/aromatic N) is 2. The van der Waals surface area contributed by atoms with Gasteiger partial charge < -0.3 is 0 Å². The first-order valence-corrected chi connectivity index (χ1v) is 7.89. The maximum absolute atomic E-state index is 10.1. The summed E-state index contributed by atoms with van der Waals surface area (Å²) in [7, 11) is 0. The van der Waals surface area contributed by atoms with Crippen LogP contribution >= 0.6 is 0 Å². The highest BCUT2D eigenvalue weighted by molar-refractivity contribution is 5.64. The van der Waals surface area contributed by atoms with E-state index in [2.05, 4.69) is 37.3 Å². The Morgan fingerprint density at radius 2 is 1.87 bits per heavy atom. The highest BCUT2D eigenvalue weighted by Crippen LogP contribution is 2.55. The molecule has 0 saturated heterocycles. The Bertz CT molecular complexity index is 896. The molecule has 2 nitrogen and oxygen atoms in total. The summed E-state index contributed by atoms with van der Waals surface area (Å²) in [5.74, 6) is -0.139. The van der Waals surface area contributed by atoms with Gasteiger partial charge in [0.05, 0.1) is 18.1 Å². The molecule has 2 aliphatic rings. The van der Waals surface area contributed by atoms with Crippen molar-refractivity contribution in [2.45, 2.75) is 30.6 Å². The van der Waals surface area contributed by atoms with Gasteiger partial charge in [0.25, 0.3) is 0 Å². The standard InChI is InChI=1S/C21H16N2/c1-14-7-8-17-16(12-22)9-10-21(13-23)19(11-18(14)20(17)21)15-5-3-2-4-6-15/h2-10,16,19H,11H2,1H3/t16-,19-,21+/m0/s1. The molecular weight excluding hydrogens is 280 g/mol. The van der Waals surface area contributed by atoms with Gasteiger partial charge in [-0.05, 0) is 41.2 Å². The fraction of sp³-hybridized carbons (Fsp3) is 0.238. The second-order valence-electron chi connectivity index (χ2n) is 6.44. The summed E-state index contributed by atoms with van der Waals surface area (Å²) in [6.45, 7) is 2.10. The molecule has 0 aromatic heterocycles. The van der Waals surface area contributed by atoms with Crippen LogP contribution in [0.2, 0.25) is 0 Å². The number of hydrogen-bond donors (Lipinski definition) is 0. The maximum atomic E-state index is 10.1. The molecule has 0 spiro atoms. The summed E-state index contributed by atoms with van der Waals surface area (Å²) < 4.78 is 0. The third-order valence-electron chi connectivity index (χ3n) is 5.36. The number of rotatable bonds is 1. The minimum atomic E-state index is -0.647. The third-order valence-corrected chi connectivity index (χ3v) is 5.36. The summed E-state index contributed by atoms with van der Waals surface area (Å²) in [6.07, 6.45) is 4.75. The second kappa shape index (κ2) is 4.83. The lowest BCUT2D eigenvalue weighted by Gasteiger charge is -2.32. The number of hydrogen-bond acceptors (Lipinski definition) is 2. The molecule has 0 bridgehead atoms. The van der Waals surface area contributed by atoms with Crippen LogP contribution in [0.3, 0.4) is 0 Å².